The first kappa shape index (κ1) is 14.8. The normalized spacial score (nSPS) is 13.7. The monoisotopic (exact) mass is 324 g/mol. The Morgan fingerprint density at radius 3 is 3.08 bits per heavy atom. The Balaban J connectivity index is 1.67. The lowest BCUT2D eigenvalue weighted by Crippen LogP contribution is -2.38. The van der Waals surface area contributed by atoms with Crippen molar-refractivity contribution in [2.24, 2.45) is 0 Å². The van der Waals surface area contributed by atoms with Gasteiger partial charge in [-0.2, -0.15) is 0 Å². The zero-order chi connectivity index (χ0) is 16.7. The number of amides is 1. The number of aryl methyl sites for hydroxylation is 1. The van der Waals surface area contributed by atoms with Crippen LogP contribution in [0, 0.1) is 12.7 Å². The predicted octanol–water partition coefficient (Wildman–Crippen LogP) is 3.58. The fourth-order valence-corrected chi connectivity index (χ4v) is 3.30. The minimum atomic E-state index is -0.375. The number of halogens is 1. The molecule has 1 aliphatic rings. The second kappa shape index (κ2) is 5.67. The number of carbonyl (C=O) groups is 1. The van der Waals surface area contributed by atoms with Crippen LogP contribution in [-0.4, -0.2) is 24.0 Å². The maximum atomic E-state index is 13.6. The van der Waals surface area contributed by atoms with Crippen molar-refractivity contribution >= 4 is 22.5 Å². The number of benzene rings is 2. The van der Waals surface area contributed by atoms with E-state index in [0.29, 0.717) is 24.6 Å². The van der Waals surface area contributed by atoms with Crippen molar-refractivity contribution < 1.29 is 13.9 Å². The highest BCUT2D eigenvalue weighted by molar-refractivity contribution is 5.99. The van der Waals surface area contributed by atoms with Gasteiger partial charge in [0.25, 0.3) is 0 Å². The molecule has 0 fully saturated rings. The third-order valence-electron chi connectivity index (χ3n) is 4.42. The van der Waals surface area contributed by atoms with Gasteiger partial charge < -0.3 is 14.6 Å². The molecule has 0 aliphatic carbocycles. The van der Waals surface area contributed by atoms with Gasteiger partial charge in [0.1, 0.15) is 18.2 Å². The number of aromatic nitrogens is 1. The van der Waals surface area contributed by atoms with Crippen LogP contribution in [0.1, 0.15) is 11.1 Å². The van der Waals surface area contributed by atoms with E-state index in [1.807, 2.05) is 31.3 Å². The largest absolute Gasteiger partial charge is 0.490 e. The van der Waals surface area contributed by atoms with E-state index in [0.717, 1.165) is 22.0 Å². The Kier molecular flexibility index (Phi) is 3.49. The van der Waals surface area contributed by atoms with Crippen LogP contribution in [0.4, 0.5) is 10.1 Å². The van der Waals surface area contributed by atoms with Crippen LogP contribution < -0.4 is 9.64 Å². The molecule has 1 aromatic heterocycles. The molecule has 1 amide bonds. The zero-order valence-electron chi connectivity index (χ0n) is 13.3. The molecule has 24 heavy (non-hydrogen) atoms. The van der Waals surface area contributed by atoms with Crippen molar-refractivity contribution in [2.75, 3.05) is 18.1 Å². The van der Waals surface area contributed by atoms with Gasteiger partial charge in [0.05, 0.1) is 18.7 Å². The molecule has 0 bridgehead atoms. The number of carbonyl (C=O) groups excluding carboxylic acids is 1. The van der Waals surface area contributed by atoms with Crippen molar-refractivity contribution in [1.82, 2.24) is 4.98 Å². The van der Waals surface area contributed by atoms with Gasteiger partial charge in [-0.1, -0.05) is 12.1 Å². The zero-order valence-corrected chi connectivity index (χ0v) is 13.3. The minimum Gasteiger partial charge on any atom is -0.490 e. The lowest BCUT2D eigenvalue weighted by Gasteiger charge is -2.29. The SMILES string of the molecule is Cc1cccc2[nH]cc(CC(=O)N3CCOc4ccc(F)cc43)c12. The van der Waals surface area contributed by atoms with Crippen LogP contribution in [0.5, 0.6) is 5.75 Å². The molecular weight excluding hydrogens is 307 g/mol. The standard InChI is InChI=1S/C19H17FN2O2/c1-12-3-2-4-15-19(12)13(11-21-15)9-18(23)22-7-8-24-17-6-5-14(20)10-16(17)22/h2-6,10-11,21H,7-9H2,1H3. The fraction of sp³-hybridized carbons (Fsp3) is 0.211. The third kappa shape index (κ3) is 2.42. The summed E-state index contributed by atoms with van der Waals surface area (Å²) in [6.07, 6.45) is 2.14. The highest BCUT2D eigenvalue weighted by Crippen LogP contribution is 2.33. The van der Waals surface area contributed by atoms with Crippen LogP contribution in [0.3, 0.4) is 0 Å². The van der Waals surface area contributed by atoms with Gasteiger partial charge in [-0.15, -0.1) is 0 Å². The quantitative estimate of drug-likeness (QED) is 0.783. The average molecular weight is 324 g/mol. The van der Waals surface area contributed by atoms with Crippen LogP contribution in [0.2, 0.25) is 0 Å². The molecular formula is C19H17FN2O2. The summed E-state index contributed by atoms with van der Waals surface area (Å²) in [5, 5.41) is 1.08. The van der Waals surface area contributed by atoms with Gasteiger partial charge in [-0.05, 0) is 36.2 Å². The Hall–Kier alpha value is -2.82. The van der Waals surface area contributed by atoms with Crippen molar-refractivity contribution in [2.45, 2.75) is 13.3 Å². The topological polar surface area (TPSA) is 45.3 Å². The molecule has 122 valence electrons. The minimum absolute atomic E-state index is 0.0608. The summed E-state index contributed by atoms with van der Waals surface area (Å²) >= 11 is 0. The third-order valence-corrected chi connectivity index (χ3v) is 4.42. The summed E-state index contributed by atoms with van der Waals surface area (Å²) in [6, 6.07) is 10.3. The van der Waals surface area contributed by atoms with Crippen molar-refractivity contribution in [1.29, 1.82) is 0 Å². The van der Waals surface area contributed by atoms with Gasteiger partial charge in [0.15, 0.2) is 0 Å². The first-order chi connectivity index (χ1) is 11.6. The highest BCUT2D eigenvalue weighted by Gasteiger charge is 2.25. The molecule has 0 radical (unpaired) electrons. The summed E-state index contributed by atoms with van der Waals surface area (Å²) in [5.41, 5.74) is 3.61. The molecule has 5 heteroatoms. The molecule has 4 rings (SSSR count). The van der Waals surface area contributed by atoms with Gasteiger partial charge in [-0.3, -0.25) is 4.79 Å². The molecule has 0 saturated carbocycles. The fourth-order valence-electron chi connectivity index (χ4n) is 3.30. The number of nitrogens with zero attached hydrogens (tertiary/aromatic N) is 1. The number of nitrogens with one attached hydrogen (secondary N) is 1. The van der Waals surface area contributed by atoms with E-state index in [2.05, 4.69) is 4.98 Å². The van der Waals surface area contributed by atoms with Crippen LogP contribution in [0.25, 0.3) is 10.9 Å². The van der Waals surface area contributed by atoms with Crippen LogP contribution in [-0.2, 0) is 11.2 Å². The van der Waals surface area contributed by atoms with Gasteiger partial charge in [-0.25, -0.2) is 4.39 Å². The Morgan fingerprint density at radius 2 is 2.21 bits per heavy atom. The number of anilines is 1. The number of fused-ring (bicyclic) bond motifs is 2. The van der Waals surface area contributed by atoms with Crippen molar-refractivity contribution in [3.05, 3.63) is 59.5 Å². The van der Waals surface area contributed by atoms with Crippen molar-refractivity contribution in [3.63, 3.8) is 0 Å². The summed E-state index contributed by atoms with van der Waals surface area (Å²) in [4.78, 5) is 17.6. The first-order valence-electron chi connectivity index (χ1n) is 7.92. The van der Waals surface area contributed by atoms with Crippen LogP contribution >= 0.6 is 0 Å². The summed E-state index contributed by atoms with van der Waals surface area (Å²) < 4.78 is 19.1. The van der Waals surface area contributed by atoms with E-state index < -0.39 is 0 Å². The number of ether oxygens (including phenoxy) is 1. The maximum Gasteiger partial charge on any atom is 0.231 e. The first-order valence-corrected chi connectivity index (χ1v) is 7.92. The van der Waals surface area contributed by atoms with E-state index in [1.165, 1.54) is 12.1 Å². The lowest BCUT2D eigenvalue weighted by molar-refractivity contribution is -0.118. The second-order valence-corrected chi connectivity index (χ2v) is 5.99. The molecule has 0 unspecified atom stereocenters. The molecule has 2 aromatic carbocycles. The second-order valence-electron chi connectivity index (χ2n) is 5.99. The van der Waals surface area contributed by atoms with Crippen molar-refractivity contribution in [3.8, 4) is 5.75 Å². The predicted molar refractivity (Wildman–Crippen MR) is 91.0 cm³/mol. The molecule has 3 aromatic rings. The molecule has 0 atom stereocenters. The van der Waals surface area contributed by atoms with Crippen LogP contribution in [0.15, 0.2) is 42.6 Å². The molecule has 4 nitrogen and oxygen atoms in total. The van der Waals surface area contributed by atoms with Gasteiger partial charge in [0, 0.05) is 23.2 Å². The van der Waals surface area contributed by atoms with Gasteiger partial charge >= 0.3 is 0 Å². The maximum absolute atomic E-state index is 13.6. The molecule has 0 saturated heterocycles. The number of hydrogen-bond donors (Lipinski definition) is 1. The van der Waals surface area contributed by atoms with E-state index >= 15 is 0 Å². The van der Waals surface area contributed by atoms with Gasteiger partial charge in [0.2, 0.25) is 5.91 Å². The summed E-state index contributed by atoms with van der Waals surface area (Å²) in [5.74, 6) is 0.111. The number of H-pyrrole nitrogens is 1. The lowest BCUT2D eigenvalue weighted by atomic mass is 10.0. The Labute approximate surface area is 138 Å². The molecule has 2 heterocycles. The van der Waals surface area contributed by atoms with E-state index in [4.69, 9.17) is 4.74 Å². The smallest absolute Gasteiger partial charge is 0.231 e. The van der Waals surface area contributed by atoms with E-state index in [9.17, 15) is 9.18 Å². The Morgan fingerprint density at radius 1 is 1.33 bits per heavy atom. The number of aromatic amines is 1. The molecule has 1 N–H and O–H groups in total. The van der Waals surface area contributed by atoms with E-state index in [1.54, 1.807) is 11.0 Å². The molecule has 0 spiro atoms. The highest BCUT2D eigenvalue weighted by atomic mass is 19.1. The average Bonchev–Trinajstić information content (AvgIpc) is 2.98. The Bertz CT molecular complexity index is 932. The summed E-state index contributed by atoms with van der Waals surface area (Å²) in [6.45, 7) is 2.87. The molecule has 1 aliphatic heterocycles. The number of rotatable bonds is 2. The summed E-state index contributed by atoms with van der Waals surface area (Å²) in [7, 11) is 0. The number of hydrogen-bond acceptors (Lipinski definition) is 2. The van der Waals surface area contributed by atoms with E-state index in [-0.39, 0.29) is 18.1 Å².